The predicted molar refractivity (Wildman–Crippen MR) is 55.3 cm³/mol. The van der Waals surface area contributed by atoms with E-state index < -0.39 is 0 Å². The molecule has 0 aliphatic carbocycles. The van der Waals surface area contributed by atoms with Crippen LogP contribution in [-0.4, -0.2) is 25.1 Å². The van der Waals surface area contributed by atoms with Gasteiger partial charge in [0.05, 0.1) is 0 Å². The summed E-state index contributed by atoms with van der Waals surface area (Å²) in [6.45, 7) is 6.76. The van der Waals surface area contributed by atoms with E-state index >= 15 is 0 Å². The lowest BCUT2D eigenvalue weighted by Gasteiger charge is -2.13. The van der Waals surface area contributed by atoms with Gasteiger partial charge < -0.3 is 5.32 Å². The summed E-state index contributed by atoms with van der Waals surface area (Å²) in [5, 5.41) is 3.40. The standard InChI is InChI=1S/C9H21NS/c1-4-9(6-7-11-3)8-10-5-2/h9-10H,4-8H2,1-3H3. The van der Waals surface area contributed by atoms with Crippen molar-refractivity contribution in [2.45, 2.75) is 26.7 Å². The lowest BCUT2D eigenvalue weighted by atomic mass is 10.0. The van der Waals surface area contributed by atoms with Gasteiger partial charge in [-0.2, -0.15) is 11.8 Å². The summed E-state index contributed by atoms with van der Waals surface area (Å²) >= 11 is 1.95. The van der Waals surface area contributed by atoms with Crippen LogP contribution in [0.3, 0.4) is 0 Å². The highest BCUT2D eigenvalue weighted by Gasteiger charge is 2.03. The van der Waals surface area contributed by atoms with Crippen LogP contribution in [0.4, 0.5) is 0 Å². The Kier molecular flexibility index (Phi) is 8.64. The summed E-state index contributed by atoms with van der Waals surface area (Å²) in [5.41, 5.74) is 0. The lowest BCUT2D eigenvalue weighted by Crippen LogP contribution is -2.22. The van der Waals surface area contributed by atoms with Crippen LogP contribution in [0.15, 0.2) is 0 Å². The number of thioether (sulfide) groups is 1. The molecule has 0 bridgehead atoms. The molecule has 1 atom stereocenters. The Bertz CT molecular complexity index is 68.0. The van der Waals surface area contributed by atoms with Gasteiger partial charge in [-0.05, 0) is 37.4 Å². The molecule has 0 saturated carbocycles. The third-order valence-corrected chi connectivity index (χ3v) is 2.63. The van der Waals surface area contributed by atoms with Crippen LogP contribution in [0, 0.1) is 5.92 Å². The van der Waals surface area contributed by atoms with E-state index in [2.05, 4.69) is 25.4 Å². The maximum absolute atomic E-state index is 3.40. The summed E-state index contributed by atoms with van der Waals surface area (Å²) in [5.74, 6) is 2.20. The smallest absolute Gasteiger partial charge is 0.00204 e. The Morgan fingerprint density at radius 1 is 1.36 bits per heavy atom. The fourth-order valence-electron chi connectivity index (χ4n) is 1.08. The zero-order chi connectivity index (χ0) is 8.53. The van der Waals surface area contributed by atoms with Crippen molar-refractivity contribution in [1.29, 1.82) is 0 Å². The van der Waals surface area contributed by atoms with Crippen molar-refractivity contribution in [3.8, 4) is 0 Å². The number of rotatable bonds is 7. The fourth-order valence-corrected chi connectivity index (χ4v) is 1.65. The van der Waals surface area contributed by atoms with Gasteiger partial charge in [0.2, 0.25) is 0 Å². The van der Waals surface area contributed by atoms with Gasteiger partial charge in [0.25, 0.3) is 0 Å². The summed E-state index contributed by atoms with van der Waals surface area (Å²) in [7, 11) is 0. The Hall–Kier alpha value is 0.310. The topological polar surface area (TPSA) is 12.0 Å². The molecule has 68 valence electrons. The van der Waals surface area contributed by atoms with E-state index in [0.717, 1.165) is 12.5 Å². The van der Waals surface area contributed by atoms with Gasteiger partial charge in [-0.25, -0.2) is 0 Å². The van der Waals surface area contributed by atoms with Crippen molar-refractivity contribution in [1.82, 2.24) is 5.32 Å². The molecule has 1 N–H and O–H groups in total. The Balaban J connectivity index is 3.25. The third kappa shape index (κ3) is 6.70. The normalized spacial score (nSPS) is 13.4. The minimum Gasteiger partial charge on any atom is -0.317 e. The maximum Gasteiger partial charge on any atom is -0.00204 e. The SMILES string of the molecule is CCNCC(CC)CCSC. The highest BCUT2D eigenvalue weighted by atomic mass is 32.2. The third-order valence-electron chi connectivity index (χ3n) is 1.99. The summed E-state index contributed by atoms with van der Waals surface area (Å²) in [4.78, 5) is 0. The molecule has 0 aromatic carbocycles. The van der Waals surface area contributed by atoms with Crippen molar-refractivity contribution < 1.29 is 0 Å². The molecular formula is C9H21NS. The van der Waals surface area contributed by atoms with Crippen LogP contribution in [0.1, 0.15) is 26.7 Å². The number of hydrogen-bond donors (Lipinski definition) is 1. The van der Waals surface area contributed by atoms with Gasteiger partial charge in [0, 0.05) is 0 Å². The van der Waals surface area contributed by atoms with Crippen LogP contribution >= 0.6 is 11.8 Å². The summed E-state index contributed by atoms with van der Waals surface area (Å²) in [6.07, 6.45) is 4.86. The highest BCUT2D eigenvalue weighted by molar-refractivity contribution is 7.98. The fraction of sp³-hybridized carbons (Fsp3) is 1.00. The molecule has 0 fully saturated rings. The average Bonchev–Trinajstić information content (AvgIpc) is 2.05. The van der Waals surface area contributed by atoms with Crippen molar-refractivity contribution in [3.05, 3.63) is 0 Å². The Labute approximate surface area is 75.3 Å². The van der Waals surface area contributed by atoms with Gasteiger partial charge in [-0.15, -0.1) is 0 Å². The minimum absolute atomic E-state index is 0.891. The quantitative estimate of drug-likeness (QED) is 0.637. The molecule has 0 aliphatic rings. The summed E-state index contributed by atoms with van der Waals surface area (Å²) < 4.78 is 0. The molecule has 0 aromatic rings. The largest absolute Gasteiger partial charge is 0.317 e. The second kappa shape index (κ2) is 8.41. The predicted octanol–water partition coefficient (Wildman–Crippen LogP) is 2.38. The Morgan fingerprint density at radius 3 is 2.55 bits per heavy atom. The zero-order valence-corrected chi connectivity index (χ0v) is 8.84. The molecule has 0 radical (unpaired) electrons. The van der Waals surface area contributed by atoms with E-state index in [9.17, 15) is 0 Å². The van der Waals surface area contributed by atoms with Gasteiger partial charge in [-0.1, -0.05) is 20.3 Å². The zero-order valence-electron chi connectivity index (χ0n) is 8.02. The van der Waals surface area contributed by atoms with E-state index in [0.29, 0.717) is 0 Å². The van der Waals surface area contributed by atoms with Gasteiger partial charge in [-0.3, -0.25) is 0 Å². The molecule has 0 spiro atoms. The molecule has 11 heavy (non-hydrogen) atoms. The lowest BCUT2D eigenvalue weighted by molar-refractivity contribution is 0.460. The minimum atomic E-state index is 0.891. The molecule has 0 aromatic heterocycles. The first-order valence-electron chi connectivity index (χ1n) is 4.54. The second-order valence-electron chi connectivity index (χ2n) is 2.86. The molecule has 0 heterocycles. The number of hydrogen-bond acceptors (Lipinski definition) is 2. The van der Waals surface area contributed by atoms with Gasteiger partial charge in [0.15, 0.2) is 0 Å². The van der Waals surface area contributed by atoms with Crippen LogP contribution < -0.4 is 5.32 Å². The molecule has 1 nitrogen and oxygen atoms in total. The molecule has 0 amide bonds. The maximum atomic E-state index is 3.40. The molecule has 0 aliphatic heterocycles. The molecule has 2 heteroatoms. The molecular weight excluding hydrogens is 154 g/mol. The number of nitrogens with one attached hydrogen (secondary N) is 1. The van der Waals surface area contributed by atoms with Gasteiger partial charge in [0.1, 0.15) is 0 Å². The van der Waals surface area contributed by atoms with Crippen LogP contribution in [0.2, 0.25) is 0 Å². The summed E-state index contributed by atoms with van der Waals surface area (Å²) in [6, 6.07) is 0. The highest BCUT2D eigenvalue weighted by Crippen LogP contribution is 2.10. The van der Waals surface area contributed by atoms with Crippen LogP contribution in [-0.2, 0) is 0 Å². The Morgan fingerprint density at radius 2 is 2.09 bits per heavy atom. The molecule has 0 rings (SSSR count). The monoisotopic (exact) mass is 175 g/mol. The first-order valence-corrected chi connectivity index (χ1v) is 5.94. The van der Waals surface area contributed by atoms with Crippen LogP contribution in [0.25, 0.3) is 0 Å². The average molecular weight is 175 g/mol. The van der Waals surface area contributed by atoms with E-state index in [-0.39, 0.29) is 0 Å². The van der Waals surface area contributed by atoms with Crippen molar-refractivity contribution in [2.75, 3.05) is 25.1 Å². The first kappa shape index (κ1) is 11.3. The molecule has 0 saturated heterocycles. The van der Waals surface area contributed by atoms with E-state index in [1.54, 1.807) is 0 Å². The van der Waals surface area contributed by atoms with Gasteiger partial charge >= 0.3 is 0 Å². The van der Waals surface area contributed by atoms with Crippen molar-refractivity contribution in [2.24, 2.45) is 5.92 Å². The first-order chi connectivity index (χ1) is 5.35. The van der Waals surface area contributed by atoms with E-state index in [4.69, 9.17) is 0 Å². The second-order valence-corrected chi connectivity index (χ2v) is 3.85. The van der Waals surface area contributed by atoms with E-state index in [1.807, 2.05) is 11.8 Å². The van der Waals surface area contributed by atoms with E-state index in [1.165, 1.54) is 25.1 Å². The van der Waals surface area contributed by atoms with Crippen molar-refractivity contribution >= 4 is 11.8 Å². The van der Waals surface area contributed by atoms with Crippen LogP contribution in [0.5, 0.6) is 0 Å². The van der Waals surface area contributed by atoms with Crippen molar-refractivity contribution in [3.63, 3.8) is 0 Å². The molecule has 1 unspecified atom stereocenters.